The molecule has 0 bridgehead atoms. The molecule has 0 amide bonds. The molecule has 0 fully saturated rings. The molecule has 0 saturated heterocycles. The number of aliphatic carboxylic acids is 1. The molecule has 0 unspecified atom stereocenters. The number of hydrogen-bond acceptors (Lipinski definition) is 1. The Kier molecular flexibility index (Phi) is 3.69. The molecule has 0 aromatic carbocycles. The summed E-state index contributed by atoms with van der Waals surface area (Å²) >= 11 is 2.93. The molecule has 1 N–H and O–H groups in total. The molecule has 0 atom stereocenters. The van der Waals surface area contributed by atoms with Crippen LogP contribution >= 0.6 is 15.9 Å². The highest BCUT2D eigenvalue weighted by Crippen LogP contribution is 1.86. The summed E-state index contributed by atoms with van der Waals surface area (Å²) in [5, 5.41) is 7.97. The first-order valence-electron chi connectivity index (χ1n) is 1.74. The van der Waals surface area contributed by atoms with Gasteiger partial charge in [0.25, 0.3) is 0 Å². The lowest BCUT2D eigenvalue weighted by Gasteiger charge is -1.76. The molecule has 7 heavy (non-hydrogen) atoms. The van der Waals surface area contributed by atoms with E-state index in [2.05, 4.69) is 15.9 Å². The largest absolute Gasteiger partial charge is 0.481 e. The number of halogens is 1. The first-order valence-corrected chi connectivity index (χ1v) is 2.66. The van der Waals surface area contributed by atoms with E-state index >= 15 is 0 Å². The van der Waals surface area contributed by atoms with Crippen LogP contribution in [0, 0.1) is 0 Å². The molecule has 0 saturated carbocycles. The average Bonchev–Trinajstić information content (AvgIpc) is 1.61. The summed E-state index contributed by atoms with van der Waals surface area (Å²) in [6.07, 6.45) is 1.60. The fourth-order valence-corrected chi connectivity index (χ4v) is 0.332. The van der Waals surface area contributed by atoms with E-state index in [-0.39, 0.29) is 6.42 Å². The van der Waals surface area contributed by atoms with E-state index in [0.717, 1.165) is 0 Å². The minimum absolute atomic E-state index is 0.0885. The van der Waals surface area contributed by atoms with Crippen molar-refractivity contribution < 1.29 is 9.90 Å². The van der Waals surface area contributed by atoms with Gasteiger partial charge >= 0.3 is 5.97 Å². The molecule has 0 aliphatic carbocycles. The molecule has 0 rings (SSSR count). The Hall–Kier alpha value is -0.310. The van der Waals surface area contributed by atoms with Gasteiger partial charge in [0.2, 0.25) is 0 Å². The lowest BCUT2D eigenvalue weighted by molar-refractivity contribution is -0.135. The minimum atomic E-state index is -0.810. The predicted molar refractivity (Wildman–Crippen MR) is 30.3 cm³/mol. The van der Waals surface area contributed by atoms with Crippen molar-refractivity contribution >= 4 is 21.9 Å². The van der Waals surface area contributed by atoms with E-state index in [1.807, 2.05) is 0 Å². The fraction of sp³-hybridized carbons (Fsp3) is 0.250. The summed E-state index contributed by atoms with van der Waals surface area (Å²) in [5.74, 6) is -0.810. The van der Waals surface area contributed by atoms with E-state index in [1.54, 1.807) is 0 Å². The molecule has 0 aromatic rings. The first kappa shape index (κ1) is 6.69. The summed E-state index contributed by atoms with van der Waals surface area (Å²) in [6, 6.07) is 0. The van der Waals surface area contributed by atoms with Crippen LogP contribution in [-0.4, -0.2) is 11.1 Å². The summed E-state index contributed by atoms with van der Waals surface area (Å²) < 4.78 is 0. The smallest absolute Gasteiger partial charge is 0.307 e. The Labute approximate surface area is 50.0 Å². The second kappa shape index (κ2) is 3.87. The Morgan fingerprint density at radius 2 is 2.43 bits per heavy atom. The van der Waals surface area contributed by atoms with Gasteiger partial charge in [0.15, 0.2) is 0 Å². The van der Waals surface area contributed by atoms with Gasteiger partial charge in [-0.15, -0.1) is 0 Å². The van der Waals surface area contributed by atoms with Gasteiger partial charge in [-0.05, 0) is 4.99 Å². The van der Waals surface area contributed by atoms with E-state index in [4.69, 9.17) is 5.11 Å². The third kappa shape index (κ3) is 5.69. The number of rotatable bonds is 2. The van der Waals surface area contributed by atoms with Crippen molar-refractivity contribution in [2.24, 2.45) is 0 Å². The SMILES string of the molecule is O=C(O)CC=CBr. The van der Waals surface area contributed by atoms with Crippen LogP contribution in [0.3, 0.4) is 0 Å². The van der Waals surface area contributed by atoms with Crippen molar-refractivity contribution in [3.05, 3.63) is 11.1 Å². The van der Waals surface area contributed by atoms with Gasteiger partial charge in [0.1, 0.15) is 0 Å². The van der Waals surface area contributed by atoms with Crippen molar-refractivity contribution in [2.75, 3.05) is 0 Å². The second-order valence-electron chi connectivity index (χ2n) is 0.960. The zero-order valence-electron chi connectivity index (χ0n) is 3.60. The normalized spacial score (nSPS) is 9.86. The van der Waals surface area contributed by atoms with Crippen LogP contribution in [0.2, 0.25) is 0 Å². The monoisotopic (exact) mass is 164 g/mol. The molecule has 0 aliphatic rings. The van der Waals surface area contributed by atoms with Crippen LogP contribution in [0.1, 0.15) is 6.42 Å². The molecule has 40 valence electrons. The molecule has 3 heteroatoms. The quantitative estimate of drug-likeness (QED) is 0.670. The lowest BCUT2D eigenvalue weighted by Crippen LogP contribution is -1.88. The Morgan fingerprint density at radius 1 is 1.86 bits per heavy atom. The summed E-state index contributed by atoms with van der Waals surface area (Å²) in [6.45, 7) is 0. The second-order valence-corrected chi connectivity index (χ2v) is 1.49. The van der Waals surface area contributed by atoms with E-state index < -0.39 is 5.97 Å². The summed E-state index contributed by atoms with van der Waals surface area (Å²) in [7, 11) is 0. The molecular formula is C4H5BrO2. The van der Waals surface area contributed by atoms with Crippen LogP contribution < -0.4 is 0 Å². The number of carbonyl (C=O) groups is 1. The maximum Gasteiger partial charge on any atom is 0.307 e. The number of hydrogen-bond donors (Lipinski definition) is 1. The maximum absolute atomic E-state index is 9.69. The van der Waals surface area contributed by atoms with Crippen LogP contribution in [0.25, 0.3) is 0 Å². The fourth-order valence-electron chi connectivity index (χ4n) is 0.145. The van der Waals surface area contributed by atoms with Gasteiger partial charge < -0.3 is 5.11 Å². The Morgan fingerprint density at radius 3 is 2.57 bits per heavy atom. The zero-order chi connectivity index (χ0) is 5.70. The van der Waals surface area contributed by atoms with E-state index in [0.29, 0.717) is 0 Å². The molecule has 0 radical (unpaired) electrons. The van der Waals surface area contributed by atoms with Crippen molar-refractivity contribution in [3.8, 4) is 0 Å². The van der Waals surface area contributed by atoms with Crippen molar-refractivity contribution in [2.45, 2.75) is 6.42 Å². The topological polar surface area (TPSA) is 37.3 Å². The zero-order valence-corrected chi connectivity index (χ0v) is 5.18. The lowest BCUT2D eigenvalue weighted by atomic mass is 10.4. The van der Waals surface area contributed by atoms with Crippen LogP contribution in [0.15, 0.2) is 11.1 Å². The van der Waals surface area contributed by atoms with Crippen LogP contribution in [0.5, 0.6) is 0 Å². The third-order valence-electron chi connectivity index (χ3n) is 0.382. The Bertz CT molecular complexity index is 87.7. The molecule has 2 nitrogen and oxygen atoms in total. The minimum Gasteiger partial charge on any atom is -0.481 e. The van der Waals surface area contributed by atoms with Gasteiger partial charge in [-0.3, -0.25) is 4.79 Å². The van der Waals surface area contributed by atoms with Gasteiger partial charge in [-0.1, -0.05) is 22.0 Å². The number of carboxylic acid groups (broad SMARTS) is 1. The van der Waals surface area contributed by atoms with Gasteiger partial charge in [-0.25, -0.2) is 0 Å². The number of carboxylic acids is 1. The van der Waals surface area contributed by atoms with Crippen molar-refractivity contribution in [1.29, 1.82) is 0 Å². The van der Waals surface area contributed by atoms with Crippen molar-refractivity contribution in [3.63, 3.8) is 0 Å². The highest BCUT2D eigenvalue weighted by Gasteiger charge is 1.85. The summed E-state index contributed by atoms with van der Waals surface area (Å²) in [5.41, 5.74) is 0. The highest BCUT2D eigenvalue weighted by molar-refractivity contribution is 9.11. The molecule has 0 heterocycles. The van der Waals surface area contributed by atoms with Crippen LogP contribution in [0.4, 0.5) is 0 Å². The first-order chi connectivity index (χ1) is 3.27. The molecule has 0 spiro atoms. The Balaban J connectivity index is 3.14. The van der Waals surface area contributed by atoms with Crippen LogP contribution in [-0.2, 0) is 4.79 Å². The van der Waals surface area contributed by atoms with Crippen molar-refractivity contribution in [1.82, 2.24) is 0 Å². The van der Waals surface area contributed by atoms with E-state index in [1.165, 1.54) is 11.1 Å². The highest BCUT2D eigenvalue weighted by atomic mass is 79.9. The van der Waals surface area contributed by atoms with Gasteiger partial charge in [0, 0.05) is 0 Å². The predicted octanol–water partition coefficient (Wildman–Crippen LogP) is 1.37. The van der Waals surface area contributed by atoms with E-state index in [9.17, 15) is 4.79 Å². The third-order valence-corrected chi connectivity index (χ3v) is 0.755. The molecular weight excluding hydrogens is 160 g/mol. The maximum atomic E-state index is 9.69. The standard InChI is InChI=1S/C4H5BrO2/c5-3-1-2-4(6)7/h1,3H,2H2,(H,6,7). The molecule has 0 aromatic heterocycles. The van der Waals surface area contributed by atoms with Gasteiger partial charge in [-0.2, -0.15) is 0 Å². The van der Waals surface area contributed by atoms with Gasteiger partial charge in [0.05, 0.1) is 6.42 Å². The average molecular weight is 165 g/mol. The summed E-state index contributed by atoms with van der Waals surface area (Å²) in [4.78, 5) is 11.2. The molecule has 0 aliphatic heterocycles.